The van der Waals surface area contributed by atoms with E-state index in [9.17, 15) is 9.59 Å². The van der Waals surface area contributed by atoms with Gasteiger partial charge in [0, 0.05) is 6.04 Å². The minimum Gasteiger partial charge on any atom is -0.349 e. The molecule has 1 N–H and O–H groups in total. The zero-order chi connectivity index (χ0) is 13.0. The second-order valence-electron chi connectivity index (χ2n) is 4.88. The molecule has 0 aliphatic heterocycles. The molecule has 4 heteroatoms. The van der Waals surface area contributed by atoms with Gasteiger partial charge in [0.2, 0.25) is 0 Å². The summed E-state index contributed by atoms with van der Waals surface area (Å²) in [7, 11) is 0. The number of ketones is 1. The number of thiophene rings is 1. The summed E-state index contributed by atoms with van der Waals surface area (Å²) in [6.07, 6.45) is 7.12. The number of hydrogen-bond donors (Lipinski definition) is 1. The van der Waals surface area contributed by atoms with E-state index >= 15 is 0 Å². The molecule has 0 atom stereocenters. The van der Waals surface area contributed by atoms with E-state index in [4.69, 9.17) is 0 Å². The van der Waals surface area contributed by atoms with Gasteiger partial charge in [-0.2, -0.15) is 0 Å². The van der Waals surface area contributed by atoms with Gasteiger partial charge in [0.05, 0.1) is 9.75 Å². The maximum atomic E-state index is 12.0. The van der Waals surface area contributed by atoms with E-state index in [1.807, 2.05) is 0 Å². The van der Waals surface area contributed by atoms with Crippen LogP contribution >= 0.6 is 11.3 Å². The number of amides is 1. The quantitative estimate of drug-likeness (QED) is 0.672. The van der Waals surface area contributed by atoms with Crippen molar-refractivity contribution in [3.63, 3.8) is 0 Å². The molecule has 18 heavy (non-hydrogen) atoms. The molecule has 1 aromatic heterocycles. The molecule has 2 rings (SSSR count). The van der Waals surface area contributed by atoms with E-state index in [0.717, 1.165) is 12.8 Å². The second-order valence-corrected chi connectivity index (χ2v) is 5.97. The Morgan fingerprint density at radius 2 is 1.72 bits per heavy atom. The van der Waals surface area contributed by atoms with Crippen LogP contribution in [0.3, 0.4) is 0 Å². The summed E-state index contributed by atoms with van der Waals surface area (Å²) < 4.78 is 0. The Bertz CT molecular complexity index is 431. The molecule has 1 amide bonds. The van der Waals surface area contributed by atoms with Crippen LogP contribution in [0.2, 0.25) is 0 Å². The van der Waals surface area contributed by atoms with Crippen LogP contribution in [0.15, 0.2) is 12.1 Å². The van der Waals surface area contributed by atoms with E-state index in [2.05, 4.69) is 5.32 Å². The fraction of sp³-hybridized carbons (Fsp3) is 0.571. The van der Waals surface area contributed by atoms with E-state index in [1.54, 1.807) is 12.1 Å². The van der Waals surface area contributed by atoms with Crippen LogP contribution in [-0.2, 0) is 0 Å². The van der Waals surface area contributed by atoms with Crippen LogP contribution in [0.25, 0.3) is 0 Å². The molecule has 98 valence electrons. The Balaban J connectivity index is 1.95. The van der Waals surface area contributed by atoms with Gasteiger partial charge < -0.3 is 5.32 Å². The molecule has 1 aliphatic carbocycles. The van der Waals surface area contributed by atoms with Gasteiger partial charge in [-0.25, -0.2) is 0 Å². The predicted molar refractivity (Wildman–Crippen MR) is 73.3 cm³/mol. The third-order valence-corrected chi connectivity index (χ3v) is 4.55. The zero-order valence-corrected chi connectivity index (χ0v) is 11.5. The van der Waals surface area contributed by atoms with Gasteiger partial charge in [0.1, 0.15) is 0 Å². The first kappa shape index (κ1) is 13.3. The number of Topliss-reactive ketones (excluding diaryl/α,β-unsaturated/α-hetero) is 1. The minimum atomic E-state index is -0.0283. The van der Waals surface area contributed by atoms with Gasteiger partial charge in [0.25, 0.3) is 5.91 Å². The van der Waals surface area contributed by atoms with Crippen molar-refractivity contribution in [3.05, 3.63) is 21.9 Å². The van der Waals surface area contributed by atoms with Gasteiger partial charge in [-0.05, 0) is 31.9 Å². The Hall–Kier alpha value is -1.16. The number of hydrogen-bond acceptors (Lipinski definition) is 3. The number of carbonyl (C=O) groups excluding carboxylic acids is 2. The first-order valence-electron chi connectivity index (χ1n) is 6.58. The van der Waals surface area contributed by atoms with E-state index < -0.39 is 0 Å². The van der Waals surface area contributed by atoms with Crippen molar-refractivity contribution < 1.29 is 9.59 Å². The Kier molecular flexibility index (Phi) is 4.53. The predicted octanol–water partition coefficient (Wildman–Crippen LogP) is 3.40. The average Bonchev–Trinajstić information content (AvgIpc) is 2.70. The van der Waals surface area contributed by atoms with Crippen molar-refractivity contribution in [1.82, 2.24) is 5.32 Å². The van der Waals surface area contributed by atoms with Gasteiger partial charge >= 0.3 is 0 Å². The summed E-state index contributed by atoms with van der Waals surface area (Å²) in [4.78, 5) is 24.5. The molecule has 0 bridgehead atoms. The van der Waals surface area contributed by atoms with Crippen LogP contribution in [0, 0.1) is 0 Å². The molecule has 0 unspecified atom stereocenters. The van der Waals surface area contributed by atoms with E-state index in [-0.39, 0.29) is 11.7 Å². The van der Waals surface area contributed by atoms with Gasteiger partial charge in [-0.3, -0.25) is 9.59 Å². The molecule has 1 saturated carbocycles. The lowest BCUT2D eigenvalue weighted by atomic mass is 10.1. The summed E-state index contributed by atoms with van der Waals surface area (Å²) in [5.74, 6) is -0.00656. The molecule has 1 fully saturated rings. The lowest BCUT2D eigenvalue weighted by Crippen LogP contribution is -2.33. The van der Waals surface area contributed by atoms with Crippen LogP contribution in [0.1, 0.15) is 64.8 Å². The van der Waals surface area contributed by atoms with Gasteiger partial charge in [-0.15, -0.1) is 11.3 Å². The van der Waals surface area contributed by atoms with Gasteiger partial charge in [0.15, 0.2) is 5.78 Å². The maximum absolute atomic E-state index is 12.0. The smallest absolute Gasteiger partial charge is 0.261 e. The highest BCUT2D eigenvalue weighted by Crippen LogP contribution is 2.20. The molecule has 1 aliphatic rings. The fourth-order valence-corrected chi connectivity index (χ4v) is 3.13. The monoisotopic (exact) mass is 265 g/mol. The molecular formula is C14H19NO2S. The number of carbonyl (C=O) groups is 2. The summed E-state index contributed by atoms with van der Waals surface area (Å²) >= 11 is 1.28. The standard InChI is InChI=1S/C14H19NO2S/c1-10(16)12-8-9-13(18-12)14(17)15-11-6-4-2-3-5-7-11/h8-9,11H,2-7H2,1H3,(H,15,17). The zero-order valence-electron chi connectivity index (χ0n) is 10.7. The van der Waals surface area contributed by atoms with Crippen LogP contribution in [0.4, 0.5) is 0 Å². The van der Waals surface area contributed by atoms with Crippen molar-refractivity contribution in [2.75, 3.05) is 0 Å². The van der Waals surface area contributed by atoms with Crippen molar-refractivity contribution in [1.29, 1.82) is 0 Å². The molecule has 0 spiro atoms. The molecule has 0 saturated heterocycles. The van der Waals surface area contributed by atoms with Crippen molar-refractivity contribution in [2.24, 2.45) is 0 Å². The number of nitrogens with one attached hydrogen (secondary N) is 1. The first-order chi connectivity index (χ1) is 8.66. The van der Waals surface area contributed by atoms with Crippen molar-refractivity contribution >= 4 is 23.0 Å². The third-order valence-electron chi connectivity index (χ3n) is 3.37. The highest BCUT2D eigenvalue weighted by Gasteiger charge is 2.17. The largest absolute Gasteiger partial charge is 0.349 e. The molecule has 0 aromatic carbocycles. The van der Waals surface area contributed by atoms with Crippen LogP contribution < -0.4 is 5.32 Å². The molecule has 0 radical (unpaired) electrons. The normalized spacial score (nSPS) is 17.2. The van der Waals surface area contributed by atoms with Crippen LogP contribution in [-0.4, -0.2) is 17.7 Å². The molecule has 3 nitrogen and oxygen atoms in total. The highest BCUT2D eigenvalue weighted by atomic mass is 32.1. The van der Waals surface area contributed by atoms with Crippen LogP contribution in [0.5, 0.6) is 0 Å². The molecule has 1 aromatic rings. The topological polar surface area (TPSA) is 46.2 Å². The van der Waals surface area contributed by atoms with Crippen molar-refractivity contribution in [2.45, 2.75) is 51.5 Å². The lowest BCUT2D eigenvalue weighted by molar-refractivity contribution is 0.0937. The summed E-state index contributed by atoms with van der Waals surface area (Å²) in [6, 6.07) is 3.78. The highest BCUT2D eigenvalue weighted by molar-refractivity contribution is 7.15. The average molecular weight is 265 g/mol. The summed E-state index contributed by atoms with van der Waals surface area (Å²) in [5.41, 5.74) is 0. The molecular weight excluding hydrogens is 246 g/mol. The SMILES string of the molecule is CC(=O)c1ccc(C(=O)NC2CCCCCC2)s1. The van der Waals surface area contributed by atoms with E-state index in [1.165, 1.54) is 43.9 Å². The third kappa shape index (κ3) is 3.42. The second kappa shape index (κ2) is 6.14. The minimum absolute atomic E-state index is 0.0218. The lowest BCUT2D eigenvalue weighted by Gasteiger charge is -2.15. The summed E-state index contributed by atoms with van der Waals surface area (Å²) in [6.45, 7) is 1.53. The summed E-state index contributed by atoms with van der Waals surface area (Å²) in [5, 5.41) is 3.09. The Morgan fingerprint density at radius 3 is 2.28 bits per heavy atom. The Morgan fingerprint density at radius 1 is 1.11 bits per heavy atom. The van der Waals surface area contributed by atoms with E-state index in [0.29, 0.717) is 15.8 Å². The number of rotatable bonds is 3. The van der Waals surface area contributed by atoms with Gasteiger partial charge in [-0.1, -0.05) is 25.7 Å². The van der Waals surface area contributed by atoms with Crippen molar-refractivity contribution in [3.8, 4) is 0 Å². The Labute approximate surface area is 112 Å². The molecule has 1 heterocycles. The maximum Gasteiger partial charge on any atom is 0.261 e. The first-order valence-corrected chi connectivity index (χ1v) is 7.40. The fourth-order valence-electron chi connectivity index (χ4n) is 2.33.